The lowest BCUT2D eigenvalue weighted by molar-refractivity contribution is 0.0223. The molecule has 0 fully saturated rings. The van der Waals surface area contributed by atoms with Gasteiger partial charge in [-0.25, -0.2) is 4.79 Å². The van der Waals surface area contributed by atoms with E-state index < -0.39 is 5.60 Å². The molecule has 3 aromatic carbocycles. The number of fused-ring (bicyclic) bond motifs is 6. The fraction of sp³-hybridized carbons (Fsp3) is 0.240. The number of hydrogen-bond acceptors (Lipinski definition) is 5. The Morgan fingerprint density at radius 3 is 2.47 bits per heavy atom. The molecule has 0 N–H and O–H groups in total. The number of carbonyl (C=O) groups is 1. The molecule has 0 aliphatic carbocycles. The van der Waals surface area contributed by atoms with E-state index in [0.29, 0.717) is 22.8 Å². The second-order valence-electron chi connectivity index (χ2n) is 7.43. The molecular weight excluding hydrogens is 378 g/mol. The van der Waals surface area contributed by atoms with E-state index in [0.717, 1.165) is 35.5 Å². The van der Waals surface area contributed by atoms with Gasteiger partial charge in [0.05, 0.1) is 18.2 Å². The zero-order valence-electron chi connectivity index (χ0n) is 17.3. The van der Waals surface area contributed by atoms with Gasteiger partial charge in [0.25, 0.3) is 0 Å². The van der Waals surface area contributed by atoms with Gasteiger partial charge in [-0.15, -0.1) is 0 Å². The van der Waals surface area contributed by atoms with Gasteiger partial charge < -0.3 is 19.1 Å². The largest absolute Gasteiger partial charge is 0.497 e. The minimum Gasteiger partial charge on any atom is -0.497 e. The topological polar surface area (TPSA) is 48.0 Å². The number of benzene rings is 3. The highest BCUT2D eigenvalue weighted by Crippen LogP contribution is 2.57. The molecule has 5 heteroatoms. The van der Waals surface area contributed by atoms with E-state index in [4.69, 9.17) is 14.2 Å². The molecule has 0 bridgehead atoms. The van der Waals surface area contributed by atoms with Crippen molar-refractivity contribution in [2.24, 2.45) is 0 Å². The molecule has 5 rings (SSSR count). The van der Waals surface area contributed by atoms with E-state index >= 15 is 0 Å². The number of nitrogens with zero attached hydrogens (tertiary/aromatic N) is 1. The number of hydrogen-bond donors (Lipinski definition) is 0. The summed E-state index contributed by atoms with van der Waals surface area (Å²) >= 11 is 0. The predicted octanol–water partition coefficient (Wildman–Crippen LogP) is 5.11. The van der Waals surface area contributed by atoms with Crippen LogP contribution in [0.3, 0.4) is 0 Å². The summed E-state index contributed by atoms with van der Waals surface area (Å²) in [4.78, 5) is 15.1. The summed E-state index contributed by atoms with van der Waals surface area (Å²) in [6.07, 6.45) is 0. The van der Waals surface area contributed by atoms with Crippen LogP contribution in [-0.4, -0.2) is 26.2 Å². The van der Waals surface area contributed by atoms with Crippen LogP contribution in [0.2, 0.25) is 0 Å². The number of esters is 1. The van der Waals surface area contributed by atoms with Crippen molar-refractivity contribution in [3.63, 3.8) is 0 Å². The van der Waals surface area contributed by atoms with Crippen molar-refractivity contribution < 1.29 is 19.0 Å². The van der Waals surface area contributed by atoms with Crippen molar-refractivity contribution >= 4 is 11.7 Å². The number of ether oxygens (including phenoxy) is 3. The third kappa shape index (κ3) is 2.45. The third-order valence-corrected chi connectivity index (χ3v) is 6.03. The SMILES string of the molecule is CCN(CC)c1ccc2c(c1)Oc1ccc(OC)cc1C21OC(=O)c2ccccc21. The fourth-order valence-corrected chi connectivity index (χ4v) is 4.55. The molecule has 2 aliphatic rings. The van der Waals surface area contributed by atoms with E-state index in [2.05, 4.69) is 24.8 Å². The third-order valence-electron chi connectivity index (χ3n) is 6.03. The average molecular weight is 401 g/mol. The minimum atomic E-state index is -1.06. The minimum absolute atomic E-state index is 0.333. The molecule has 2 heterocycles. The zero-order chi connectivity index (χ0) is 20.9. The van der Waals surface area contributed by atoms with Crippen molar-refractivity contribution in [3.8, 4) is 17.2 Å². The van der Waals surface area contributed by atoms with Crippen LogP contribution in [-0.2, 0) is 10.3 Å². The zero-order valence-corrected chi connectivity index (χ0v) is 17.3. The lowest BCUT2D eigenvalue weighted by Gasteiger charge is -2.37. The van der Waals surface area contributed by atoms with E-state index in [1.165, 1.54) is 0 Å². The molecule has 0 saturated carbocycles. The maximum atomic E-state index is 12.9. The first-order valence-corrected chi connectivity index (χ1v) is 10.2. The summed E-state index contributed by atoms with van der Waals surface area (Å²) in [6, 6.07) is 19.3. The normalized spacial score (nSPS) is 18.2. The van der Waals surface area contributed by atoms with Gasteiger partial charge in [-0.3, -0.25) is 0 Å². The fourth-order valence-electron chi connectivity index (χ4n) is 4.55. The molecule has 1 unspecified atom stereocenters. The van der Waals surface area contributed by atoms with Gasteiger partial charge in [-0.1, -0.05) is 18.2 Å². The van der Waals surface area contributed by atoms with E-state index in [-0.39, 0.29) is 5.97 Å². The van der Waals surface area contributed by atoms with Gasteiger partial charge in [-0.05, 0) is 50.2 Å². The molecule has 3 aromatic rings. The van der Waals surface area contributed by atoms with Crippen LogP contribution in [0.15, 0.2) is 60.7 Å². The molecule has 30 heavy (non-hydrogen) atoms. The summed E-state index contributed by atoms with van der Waals surface area (Å²) in [6.45, 7) is 6.04. The Morgan fingerprint density at radius 2 is 1.70 bits per heavy atom. The number of methoxy groups -OCH3 is 1. The maximum absolute atomic E-state index is 12.9. The first-order chi connectivity index (χ1) is 14.6. The van der Waals surface area contributed by atoms with E-state index in [1.807, 2.05) is 54.6 Å². The molecule has 0 aromatic heterocycles. The van der Waals surface area contributed by atoms with Gasteiger partial charge in [0.2, 0.25) is 0 Å². The Balaban J connectivity index is 1.80. The Labute approximate surface area is 175 Å². The molecule has 0 amide bonds. The molecule has 1 atom stereocenters. The molecule has 152 valence electrons. The first kappa shape index (κ1) is 18.6. The number of carbonyl (C=O) groups excluding carboxylic acids is 1. The Kier molecular flexibility index (Phi) is 4.21. The Morgan fingerprint density at radius 1 is 0.900 bits per heavy atom. The highest BCUT2D eigenvalue weighted by atomic mass is 16.6. The summed E-state index contributed by atoms with van der Waals surface area (Å²) in [5.41, 5.74) is 2.99. The van der Waals surface area contributed by atoms with Gasteiger partial charge in [0.15, 0.2) is 5.60 Å². The van der Waals surface area contributed by atoms with Crippen LogP contribution < -0.4 is 14.4 Å². The quantitative estimate of drug-likeness (QED) is 0.569. The van der Waals surface area contributed by atoms with Crippen molar-refractivity contribution in [1.29, 1.82) is 0 Å². The van der Waals surface area contributed by atoms with Crippen LogP contribution in [0.1, 0.15) is 40.9 Å². The molecule has 0 radical (unpaired) electrons. The molecule has 0 saturated heterocycles. The highest BCUT2D eigenvalue weighted by Gasteiger charge is 2.53. The van der Waals surface area contributed by atoms with Crippen molar-refractivity contribution in [3.05, 3.63) is 82.9 Å². The number of rotatable bonds is 4. The average Bonchev–Trinajstić information content (AvgIpc) is 3.08. The van der Waals surface area contributed by atoms with Gasteiger partial charge in [0.1, 0.15) is 17.2 Å². The van der Waals surface area contributed by atoms with E-state index in [1.54, 1.807) is 7.11 Å². The van der Waals surface area contributed by atoms with Crippen LogP contribution in [0.4, 0.5) is 5.69 Å². The van der Waals surface area contributed by atoms with Crippen LogP contribution in [0, 0.1) is 0 Å². The Hall–Kier alpha value is -3.47. The lowest BCUT2D eigenvalue weighted by Crippen LogP contribution is -2.33. The van der Waals surface area contributed by atoms with Gasteiger partial charge in [-0.2, -0.15) is 0 Å². The second kappa shape index (κ2) is 6.80. The van der Waals surface area contributed by atoms with Crippen molar-refractivity contribution in [1.82, 2.24) is 0 Å². The Bertz CT molecular complexity index is 1150. The highest BCUT2D eigenvalue weighted by molar-refractivity contribution is 5.97. The summed E-state index contributed by atoms with van der Waals surface area (Å²) in [7, 11) is 1.62. The summed E-state index contributed by atoms with van der Waals surface area (Å²) in [5.74, 6) is 1.70. The van der Waals surface area contributed by atoms with E-state index in [9.17, 15) is 4.79 Å². The molecule has 2 aliphatic heterocycles. The molecular formula is C25H23NO4. The molecule has 5 nitrogen and oxygen atoms in total. The smallest absolute Gasteiger partial charge is 0.340 e. The standard InChI is InChI=1S/C25H23NO4/c1-4-26(5-2)16-10-12-20-23(14-16)29-22-13-11-17(28-3)15-21(22)25(20)19-9-7-6-8-18(19)24(27)30-25/h6-15H,4-5H2,1-3H3. The maximum Gasteiger partial charge on any atom is 0.340 e. The summed E-state index contributed by atoms with van der Waals surface area (Å²) in [5, 5.41) is 0. The second-order valence-corrected chi connectivity index (χ2v) is 7.43. The predicted molar refractivity (Wildman–Crippen MR) is 115 cm³/mol. The summed E-state index contributed by atoms with van der Waals surface area (Å²) < 4.78 is 18.0. The van der Waals surface area contributed by atoms with Crippen molar-refractivity contribution in [2.75, 3.05) is 25.1 Å². The first-order valence-electron chi connectivity index (χ1n) is 10.2. The van der Waals surface area contributed by atoms with Crippen LogP contribution in [0.25, 0.3) is 0 Å². The van der Waals surface area contributed by atoms with Crippen LogP contribution >= 0.6 is 0 Å². The van der Waals surface area contributed by atoms with Gasteiger partial charge >= 0.3 is 5.97 Å². The molecule has 1 spiro atoms. The van der Waals surface area contributed by atoms with Gasteiger partial charge in [0, 0.05) is 36.0 Å². The van der Waals surface area contributed by atoms with Crippen LogP contribution in [0.5, 0.6) is 17.2 Å². The number of anilines is 1. The van der Waals surface area contributed by atoms with Crippen molar-refractivity contribution in [2.45, 2.75) is 19.4 Å². The monoisotopic (exact) mass is 401 g/mol. The lowest BCUT2D eigenvalue weighted by atomic mass is 9.77.